The molecule has 7 heteroatoms. The van der Waals surface area contributed by atoms with Gasteiger partial charge in [0.15, 0.2) is 6.10 Å². The number of hydrogen-bond acceptors (Lipinski definition) is 7. The lowest BCUT2D eigenvalue weighted by molar-refractivity contribution is -0.149. The highest BCUT2D eigenvalue weighted by Crippen LogP contribution is 2.33. The second-order valence-electron chi connectivity index (χ2n) is 5.18. The number of anilines is 1. The summed E-state index contributed by atoms with van der Waals surface area (Å²) in [7, 11) is 1.37. The molecule has 2 atom stereocenters. The van der Waals surface area contributed by atoms with Crippen molar-refractivity contribution < 1.29 is 14.3 Å². The number of hydrogen-bond donors (Lipinski definition) is 0. The standard InChI is InChI=1S/C14H23N3O3S/c1-4-10-8-6-7-9-17(10)12-13(16-21-15-12)20-11(5-2)14(18)19-3/h10-11H,4-9H2,1-3H3. The Bertz CT molecular complexity index is 466. The van der Waals surface area contributed by atoms with Gasteiger partial charge in [-0.05, 0) is 32.1 Å². The number of nitrogens with zero attached hydrogens (tertiary/aromatic N) is 3. The van der Waals surface area contributed by atoms with Gasteiger partial charge in [0.05, 0.1) is 18.8 Å². The Labute approximate surface area is 129 Å². The fourth-order valence-corrected chi connectivity index (χ4v) is 3.19. The summed E-state index contributed by atoms with van der Waals surface area (Å²) in [5, 5.41) is 0. The third-order valence-electron chi connectivity index (χ3n) is 3.90. The number of methoxy groups -OCH3 is 1. The fraction of sp³-hybridized carbons (Fsp3) is 0.786. The smallest absolute Gasteiger partial charge is 0.347 e. The maximum atomic E-state index is 11.7. The number of esters is 1. The van der Waals surface area contributed by atoms with Gasteiger partial charge in [-0.25, -0.2) is 4.79 Å². The zero-order valence-electron chi connectivity index (χ0n) is 12.9. The summed E-state index contributed by atoms with van der Waals surface area (Å²) in [6.07, 6.45) is 4.57. The van der Waals surface area contributed by atoms with Gasteiger partial charge in [0.25, 0.3) is 5.88 Å². The lowest BCUT2D eigenvalue weighted by Crippen LogP contribution is -2.40. The minimum Gasteiger partial charge on any atom is -0.466 e. The van der Waals surface area contributed by atoms with Crippen molar-refractivity contribution in [2.45, 2.75) is 58.1 Å². The van der Waals surface area contributed by atoms with Crippen LogP contribution in [0.4, 0.5) is 5.82 Å². The maximum absolute atomic E-state index is 11.7. The molecule has 1 aliphatic rings. The predicted molar refractivity (Wildman–Crippen MR) is 81.9 cm³/mol. The van der Waals surface area contributed by atoms with Crippen LogP contribution in [0.5, 0.6) is 5.88 Å². The molecule has 1 fully saturated rings. The van der Waals surface area contributed by atoms with Crippen LogP contribution in [-0.4, -0.2) is 40.5 Å². The Morgan fingerprint density at radius 2 is 2.24 bits per heavy atom. The summed E-state index contributed by atoms with van der Waals surface area (Å²) in [4.78, 5) is 13.9. The molecule has 2 unspecified atom stereocenters. The van der Waals surface area contributed by atoms with Crippen LogP contribution in [-0.2, 0) is 9.53 Å². The largest absolute Gasteiger partial charge is 0.466 e. The van der Waals surface area contributed by atoms with E-state index in [1.807, 2.05) is 6.92 Å². The lowest BCUT2D eigenvalue weighted by Gasteiger charge is -2.35. The first-order chi connectivity index (χ1) is 10.2. The molecule has 1 aromatic heterocycles. The molecular weight excluding hydrogens is 290 g/mol. The first-order valence-corrected chi connectivity index (χ1v) is 8.27. The Balaban J connectivity index is 2.15. The first kappa shape index (κ1) is 16.0. The SMILES string of the molecule is CCC(Oc1nsnc1N1CCCCC1CC)C(=O)OC. The van der Waals surface area contributed by atoms with E-state index in [1.165, 1.54) is 20.0 Å². The summed E-state index contributed by atoms with van der Waals surface area (Å²) < 4.78 is 19.1. The normalized spacial score (nSPS) is 20.1. The number of piperidine rings is 1. The number of carbonyl (C=O) groups excluding carboxylic acids is 1. The molecule has 0 radical (unpaired) electrons. The second kappa shape index (κ2) is 7.59. The molecule has 1 saturated heterocycles. The van der Waals surface area contributed by atoms with Crippen LogP contribution in [0, 0.1) is 0 Å². The Morgan fingerprint density at radius 3 is 2.90 bits per heavy atom. The van der Waals surface area contributed by atoms with Crippen molar-refractivity contribution in [1.82, 2.24) is 8.75 Å². The van der Waals surface area contributed by atoms with Crippen LogP contribution in [0.25, 0.3) is 0 Å². The van der Waals surface area contributed by atoms with Crippen molar-refractivity contribution in [3.63, 3.8) is 0 Å². The molecule has 0 spiro atoms. The summed E-state index contributed by atoms with van der Waals surface area (Å²) >= 11 is 1.13. The average molecular weight is 313 g/mol. The molecule has 0 amide bonds. The summed E-state index contributed by atoms with van der Waals surface area (Å²) in [6, 6.07) is 0.475. The summed E-state index contributed by atoms with van der Waals surface area (Å²) in [5.74, 6) is 0.855. The number of aromatic nitrogens is 2. The van der Waals surface area contributed by atoms with E-state index in [0.717, 1.165) is 36.9 Å². The van der Waals surface area contributed by atoms with E-state index in [1.54, 1.807) is 0 Å². The molecule has 6 nitrogen and oxygen atoms in total. The molecule has 118 valence electrons. The molecule has 1 aromatic rings. The molecule has 0 saturated carbocycles. The average Bonchev–Trinajstić information content (AvgIpc) is 2.99. The molecule has 1 aliphatic heterocycles. The van der Waals surface area contributed by atoms with Crippen molar-refractivity contribution in [1.29, 1.82) is 0 Å². The van der Waals surface area contributed by atoms with Gasteiger partial charge in [0.1, 0.15) is 0 Å². The van der Waals surface area contributed by atoms with Gasteiger partial charge in [0.2, 0.25) is 5.82 Å². The molecule has 21 heavy (non-hydrogen) atoms. The summed E-state index contributed by atoms with van der Waals surface area (Å²) in [5.41, 5.74) is 0. The van der Waals surface area contributed by atoms with Crippen molar-refractivity contribution in [2.24, 2.45) is 0 Å². The lowest BCUT2D eigenvalue weighted by atomic mass is 10.0. The van der Waals surface area contributed by atoms with Crippen molar-refractivity contribution in [3.8, 4) is 5.88 Å². The van der Waals surface area contributed by atoms with Gasteiger partial charge < -0.3 is 14.4 Å². The number of carbonyl (C=O) groups is 1. The van der Waals surface area contributed by atoms with Crippen LogP contribution in [0.3, 0.4) is 0 Å². The number of rotatable bonds is 6. The number of ether oxygens (including phenoxy) is 2. The van der Waals surface area contributed by atoms with Crippen molar-refractivity contribution in [3.05, 3.63) is 0 Å². The van der Waals surface area contributed by atoms with Gasteiger partial charge in [-0.3, -0.25) is 0 Å². The monoisotopic (exact) mass is 313 g/mol. The highest BCUT2D eigenvalue weighted by molar-refractivity contribution is 6.99. The highest BCUT2D eigenvalue weighted by Gasteiger charge is 2.29. The second-order valence-corrected chi connectivity index (χ2v) is 5.71. The van der Waals surface area contributed by atoms with E-state index < -0.39 is 6.10 Å². The molecule has 0 N–H and O–H groups in total. The van der Waals surface area contributed by atoms with Crippen molar-refractivity contribution >= 4 is 23.5 Å². The van der Waals surface area contributed by atoms with Gasteiger partial charge in [-0.15, -0.1) is 4.37 Å². The molecule has 0 aromatic carbocycles. The van der Waals surface area contributed by atoms with Crippen molar-refractivity contribution in [2.75, 3.05) is 18.6 Å². The fourth-order valence-electron chi connectivity index (χ4n) is 2.69. The first-order valence-electron chi connectivity index (χ1n) is 7.54. The van der Waals surface area contributed by atoms with Crippen LogP contribution >= 0.6 is 11.7 Å². The van der Waals surface area contributed by atoms with Gasteiger partial charge in [-0.1, -0.05) is 13.8 Å². The van der Waals surface area contributed by atoms with E-state index in [4.69, 9.17) is 9.47 Å². The van der Waals surface area contributed by atoms with Gasteiger partial charge in [0, 0.05) is 12.6 Å². The van der Waals surface area contributed by atoms with Gasteiger partial charge in [-0.2, -0.15) is 4.37 Å². The van der Waals surface area contributed by atoms with E-state index >= 15 is 0 Å². The molecule has 2 heterocycles. The third-order valence-corrected chi connectivity index (χ3v) is 4.40. The molecule has 0 aliphatic carbocycles. The minimum absolute atomic E-state index is 0.373. The zero-order valence-corrected chi connectivity index (χ0v) is 13.7. The van der Waals surface area contributed by atoms with Crippen LogP contribution in [0.2, 0.25) is 0 Å². The maximum Gasteiger partial charge on any atom is 0.347 e. The van der Waals surface area contributed by atoms with E-state index in [9.17, 15) is 4.79 Å². The third kappa shape index (κ3) is 3.64. The Morgan fingerprint density at radius 1 is 1.43 bits per heavy atom. The van der Waals surface area contributed by atoms with Crippen LogP contribution in [0.1, 0.15) is 46.0 Å². The Hall–Kier alpha value is -1.37. The molecule has 0 bridgehead atoms. The predicted octanol–water partition coefficient (Wildman–Crippen LogP) is 2.64. The Kier molecular flexibility index (Phi) is 5.78. The molecule has 2 rings (SSSR count). The van der Waals surface area contributed by atoms with E-state index in [-0.39, 0.29) is 5.97 Å². The van der Waals surface area contributed by atoms with Crippen LogP contribution < -0.4 is 9.64 Å². The topological polar surface area (TPSA) is 64.6 Å². The van der Waals surface area contributed by atoms with E-state index in [2.05, 4.69) is 20.6 Å². The van der Waals surface area contributed by atoms with E-state index in [0.29, 0.717) is 18.3 Å². The van der Waals surface area contributed by atoms with Gasteiger partial charge >= 0.3 is 5.97 Å². The summed E-state index contributed by atoms with van der Waals surface area (Å²) in [6.45, 7) is 5.04. The quantitative estimate of drug-likeness (QED) is 0.752. The van der Waals surface area contributed by atoms with Crippen LogP contribution in [0.15, 0.2) is 0 Å². The molecular formula is C14H23N3O3S. The highest BCUT2D eigenvalue weighted by atomic mass is 32.1. The minimum atomic E-state index is -0.623. The zero-order chi connectivity index (χ0) is 15.2.